The molecule has 0 aromatic heterocycles. The second-order valence-electron chi connectivity index (χ2n) is 7.31. The van der Waals surface area contributed by atoms with Crippen LogP contribution in [0.25, 0.3) is 0 Å². The normalized spacial score (nSPS) is 14.2. The van der Waals surface area contributed by atoms with Crippen LogP contribution in [0.4, 0.5) is 28.4 Å². The van der Waals surface area contributed by atoms with Crippen LogP contribution in [0.2, 0.25) is 0 Å². The summed E-state index contributed by atoms with van der Waals surface area (Å²) in [5.74, 6) is 0.534. The Balaban J connectivity index is 1.63. The van der Waals surface area contributed by atoms with Crippen LogP contribution in [-0.2, 0) is 4.74 Å². The number of hydrogen-bond donors (Lipinski definition) is 3. The van der Waals surface area contributed by atoms with Gasteiger partial charge in [-0.1, -0.05) is 24.3 Å². The summed E-state index contributed by atoms with van der Waals surface area (Å²) in [5.41, 5.74) is 4.08. The van der Waals surface area contributed by atoms with Gasteiger partial charge in [-0.25, -0.2) is 0 Å². The van der Waals surface area contributed by atoms with Crippen LogP contribution in [0, 0.1) is 10.1 Å². The molecule has 1 aliphatic rings. The lowest BCUT2D eigenvalue weighted by Gasteiger charge is -2.17. The maximum absolute atomic E-state index is 11.6. The smallest absolute Gasteiger partial charge is 0.294 e. The van der Waals surface area contributed by atoms with E-state index in [1.165, 1.54) is 18.7 Å². The van der Waals surface area contributed by atoms with Crippen LogP contribution in [0.15, 0.2) is 66.7 Å². The first kappa shape index (κ1) is 19.9. The van der Waals surface area contributed by atoms with Gasteiger partial charge in [0.1, 0.15) is 5.69 Å². The summed E-state index contributed by atoms with van der Waals surface area (Å²) in [6, 6.07) is 20.0. The van der Waals surface area contributed by atoms with Crippen molar-refractivity contribution in [3.05, 3.63) is 88.0 Å². The summed E-state index contributed by atoms with van der Waals surface area (Å²) in [6.45, 7) is 0. The van der Waals surface area contributed by atoms with E-state index in [9.17, 15) is 15.2 Å². The standard InChI is InChI=1S/C23H23N3O4/c1-30-23(27)19-13-16(15-7-8-15)9-11-20(19)25-18-10-12-21(22(14-18)26(28)29)24-17-5-3-2-4-6-17/h2-6,9-15,23-25,27H,7-8H2,1H3. The Morgan fingerprint density at radius 3 is 2.37 bits per heavy atom. The number of nitro groups is 1. The minimum absolute atomic E-state index is 0.0488. The number of aliphatic hydroxyl groups is 1. The average molecular weight is 405 g/mol. The van der Waals surface area contributed by atoms with E-state index in [-0.39, 0.29) is 5.69 Å². The van der Waals surface area contributed by atoms with Gasteiger partial charge in [0.15, 0.2) is 6.29 Å². The number of benzene rings is 3. The molecule has 0 spiro atoms. The molecule has 1 aliphatic carbocycles. The van der Waals surface area contributed by atoms with Gasteiger partial charge < -0.3 is 20.5 Å². The first-order valence-corrected chi connectivity index (χ1v) is 9.77. The van der Waals surface area contributed by atoms with Crippen LogP contribution in [0.5, 0.6) is 0 Å². The highest BCUT2D eigenvalue weighted by Gasteiger charge is 2.25. The fourth-order valence-corrected chi connectivity index (χ4v) is 3.40. The van der Waals surface area contributed by atoms with Gasteiger partial charge in [0.05, 0.1) is 4.92 Å². The molecule has 7 nitrogen and oxygen atoms in total. The molecule has 1 saturated carbocycles. The molecule has 0 aliphatic heterocycles. The fraction of sp³-hybridized carbons (Fsp3) is 0.217. The number of nitro benzene ring substituents is 1. The Labute approximate surface area is 174 Å². The van der Waals surface area contributed by atoms with Crippen molar-refractivity contribution >= 4 is 28.4 Å². The monoisotopic (exact) mass is 405 g/mol. The number of rotatable bonds is 8. The molecule has 1 atom stereocenters. The van der Waals surface area contributed by atoms with Crippen LogP contribution in [0.3, 0.4) is 0 Å². The van der Waals surface area contributed by atoms with Gasteiger partial charge in [-0.3, -0.25) is 10.1 Å². The molecular weight excluding hydrogens is 382 g/mol. The van der Waals surface area contributed by atoms with E-state index in [1.54, 1.807) is 12.1 Å². The highest BCUT2D eigenvalue weighted by Crippen LogP contribution is 2.42. The molecule has 3 aromatic rings. The maximum atomic E-state index is 11.6. The highest BCUT2D eigenvalue weighted by atomic mass is 16.6. The number of ether oxygens (including phenoxy) is 1. The first-order valence-electron chi connectivity index (χ1n) is 9.77. The molecule has 1 fully saturated rings. The Morgan fingerprint density at radius 1 is 1.00 bits per heavy atom. The molecular formula is C23H23N3O4. The predicted octanol–water partition coefficient (Wildman–Crippen LogP) is 5.60. The molecule has 1 unspecified atom stereocenters. The van der Waals surface area contributed by atoms with E-state index < -0.39 is 11.2 Å². The Hall–Kier alpha value is -3.42. The van der Waals surface area contributed by atoms with E-state index in [0.717, 1.165) is 18.5 Å². The van der Waals surface area contributed by atoms with Crippen molar-refractivity contribution in [3.63, 3.8) is 0 Å². The Morgan fingerprint density at radius 2 is 1.70 bits per heavy atom. The molecule has 3 N–H and O–H groups in total. The third-order valence-electron chi connectivity index (χ3n) is 5.14. The topological polar surface area (TPSA) is 96.7 Å². The van der Waals surface area contributed by atoms with E-state index in [1.807, 2.05) is 48.5 Å². The molecule has 154 valence electrons. The molecule has 0 bridgehead atoms. The summed E-state index contributed by atoms with van der Waals surface area (Å²) in [5, 5.41) is 28.2. The van der Waals surface area contributed by atoms with Crippen molar-refractivity contribution in [1.29, 1.82) is 0 Å². The van der Waals surface area contributed by atoms with Crippen molar-refractivity contribution in [2.24, 2.45) is 0 Å². The second kappa shape index (κ2) is 8.52. The minimum Gasteiger partial charge on any atom is -0.364 e. The molecule has 0 radical (unpaired) electrons. The third-order valence-corrected chi connectivity index (χ3v) is 5.14. The molecule has 4 rings (SSSR count). The zero-order valence-corrected chi connectivity index (χ0v) is 16.5. The lowest BCUT2D eigenvalue weighted by atomic mass is 10.0. The summed E-state index contributed by atoms with van der Waals surface area (Å²) < 4.78 is 5.11. The second-order valence-corrected chi connectivity index (χ2v) is 7.31. The summed E-state index contributed by atoms with van der Waals surface area (Å²) in [7, 11) is 1.44. The molecule has 0 saturated heterocycles. The van der Waals surface area contributed by atoms with Gasteiger partial charge in [0, 0.05) is 35.8 Å². The van der Waals surface area contributed by atoms with Crippen LogP contribution >= 0.6 is 0 Å². The van der Waals surface area contributed by atoms with E-state index in [2.05, 4.69) is 10.6 Å². The maximum Gasteiger partial charge on any atom is 0.294 e. The van der Waals surface area contributed by atoms with Crippen molar-refractivity contribution in [2.45, 2.75) is 25.0 Å². The van der Waals surface area contributed by atoms with Gasteiger partial charge in [0.2, 0.25) is 0 Å². The van der Waals surface area contributed by atoms with Gasteiger partial charge in [-0.05, 0) is 60.7 Å². The molecule has 0 amide bonds. The van der Waals surface area contributed by atoms with Gasteiger partial charge in [-0.15, -0.1) is 0 Å². The average Bonchev–Trinajstić information content (AvgIpc) is 3.60. The van der Waals surface area contributed by atoms with Crippen LogP contribution in [-0.4, -0.2) is 17.1 Å². The van der Waals surface area contributed by atoms with E-state index in [4.69, 9.17) is 4.74 Å². The predicted molar refractivity (Wildman–Crippen MR) is 116 cm³/mol. The number of aliphatic hydroxyl groups excluding tert-OH is 1. The highest BCUT2D eigenvalue weighted by molar-refractivity contribution is 5.75. The third kappa shape index (κ3) is 4.42. The number of methoxy groups -OCH3 is 1. The number of anilines is 4. The minimum atomic E-state index is -1.08. The summed E-state index contributed by atoms with van der Waals surface area (Å²) in [4.78, 5) is 11.2. The molecule has 7 heteroatoms. The van der Waals surface area contributed by atoms with Crippen molar-refractivity contribution < 1.29 is 14.8 Å². The van der Waals surface area contributed by atoms with Crippen molar-refractivity contribution in [1.82, 2.24) is 0 Å². The number of hydrogen-bond acceptors (Lipinski definition) is 6. The van der Waals surface area contributed by atoms with Crippen LogP contribution < -0.4 is 10.6 Å². The molecule has 0 heterocycles. The fourth-order valence-electron chi connectivity index (χ4n) is 3.40. The largest absolute Gasteiger partial charge is 0.364 e. The van der Waals surface area contributed by atoms with E-state index in [0.29, 0.717) is 28.5 Å². The lowest BCUT2D eigenvalue weighted by Crippen LogP contribution is -2.05. The zero-order valence-electron chi connectivity index (χ0n) is 16.5. The van der Waals surface area contributed by atoms with Gasteiger partial charge in [-0.2, -0.15) is 0 Å². The summed E-state index contributed by atoms with van der Waals surface area (Å²) in [6.07, 6.45) is 1.22. The lowest BCUT2D eigenvalue weighted by molar-refractivity contribution is -0.383. The molecule has 3 aromatic carbocycles. The van der Waals surface area contributed by atoms with Crippen molar-refractivity contribution in [2.75, 3.05) is 17.7 Å². The quantitative estimate of drug-likeness (QED) is 0.257. The van der Waals surface area contributed by atoms with Crippen LogP contribution in [0.1, 0.15) is 36.2 Å². The van der Waals surface area contributed by atoms with Crippen molar-refractivity contribution in [3.8, 4) is 0 Å². The SMILES string of the molecule is COC(O)c1cc(C2CC2)ccc1Nc1ccc(Nc2ccccc2)c([N+](=O)[O-])c1. The Kier molecular flexibility index (Phi) is 5.65. The number of nitrogens with zero attached hydrogens (tertiary/aromatic N) is 1. The molecule has 30 heavy (non-hydrogen) atoms. The van der Waals surface area contributed by atoms with Gasteiger partial charge in [0.25, 0.3) is 5.69 Å². The first-order chi connectivity index (χ1) is 14.5. The summed E-state index contributed by atoms with van der Waals surface area (Å²) >= 11 is 0. The van der Waals surface area contributed by atoms with E-state index >= 15 is 0 Å². The number of para-hydroxylation sites is 1. The Bertz CT molecular complexity index is 1050. The number of nitrogens with one attached hydrogen (secondary N) is 2. The zero-order chi connectivity index (χ0) is 21.1. The van der Waals surface area contributed by atoms with Gasteiger partial charge >= 0.3 is 0 Å².